The maximum absolute atomic E-state index is 14.9. The summed E-state index contributed by atoms with van der Waals surface area (Å²) in [6.45, 7) is 5.11. The topological polar surface area (TPSA) is 109 Å². The van der Waals surface area contributed by atoms with E-state index >= 15 is 0 Å². The van der Waals surface area contributed by atoms with Crippen molar-refractivity contribution >= 4 is 29.0 Å². The number of benzene rings is 1. The predicted octanol–water partition coefficient (Wildman–Crippen LogP) is 4.14. The Kier molecular flexibility index (Phi) is 8.86. The number of aryl methyl sites for hydroxylation is 2. The molecule has 0 spiro atoms. The number of likely N-dealkylation sites (N-methyl/N-ethyl adjacent to an activating group) is 1. The molecule has 3 atom stereocenters. The molecular weight excluding hydrogens is 522 g/mol. The Morgan fingerprint density at radius 3 is 2.76 bits per heavy atom. The highest BCUT2D eigenvalue weighted by Gasteiger charge is 2.30. The van der Waals surface area contributed by atoms with E-state index in [-0.39, 0.29) is 17.5 Å². The number of aliphatic hydroxyl groups is 1. The number of alkyl halides is 1. The van der Waals surface area contributed by atoms with E-state index in [1.54, 1.807) is 39.1 Å². The number of ether oxygens (including phenoxy) is 1. The molecule has 1 aliphatic rings. The second-order valence-electron chi connectivity index (χ2n) is 9.24. The van der Waals surface area contributed by atoms with Gasteiger partial charge in [0.1, 0.15) is 46.9 Å². The van der Waals surface area contributed by atoms with E-state index in [1.807, 2.05) is 11.9 Å². The number of hydrogen-bond acceptors (Lipinski definition) is 9. The Labute approximate surface area is 225 Å². The van der Waals surface area contributed by atoms with Gasteiger partial charge in [0.15, 0.2) is 5.82 Å². The van der Waals surface area contributed by atoms with Gasteiger partial charge in [0.05, 0.1) is 22.3 Å². The molecule has 4 rings (SSSR count). The number of aromatic nitrogens is 3. The third-order valence-corrected chi connectivity index (χ3v) is 6.94. The van der Waals surface area contributed by atoms with Crippen LogP contribution in [0.2, 0.25) is 10.0 Å². The Balaban J connectivity index is 1.76. The van der Waals surface area contributed by atoms with Gasteiger partial charge in [0, 0.05) is 25.2 Å². The van der Waals surface area contributed by atoms with E-state index in [1.165, 1.54) is 0 Å². The molecule has 0 radical (unpaired) electrons. The Bertz CT molecular complexity index is 1220. The number of anilines is 1. The van der Waals surface area contributed by atoms with Crippen molar-refractivity contribution in [1.82, 2.24) is 25.3 Å². The van der Waals surface area contributed by atoms with Crippen molar-refractivity contribution in [1.29, 1.82) is 0 Å². The number of halogens is 3. The van der Waals surface area contributed by atoms with Gasteiger partial charge in [-0.2, -0.15) is 0 Å². The zero-order chi connectivity index (χ0) is 26.7. The van der Waals surface area contributed by atoms with Gasteiger partial charge in [-0.05, 0) is 52.6 Å². The minimum atomic E-state index is -1.10. The van der Waals surface area contributed by atoms with Gasteiger partial charge in [-0.1, -0.05) is 28.4 Å². The molecule has 1 aliphatic heterocycles. The fraction of sp³-hybridized carbons (Fsp3) is 0.480. The average molecular weight is 553 g/mol. The van der Waals surface area contributed by atoms with Crippen LogP contribution < -0.4 is 15.4 Å². The minimum absolute atomic E-state index is 0.0918. The third-order valence-electron chi connectivity index (χ3n) is 6.25. The third kappa shape index (κ3) is 6.32. The molecule has 0 bridgehead atoms. The lowest BCUT2D eigenvalue weighted by Crippen LogP contribution is -2.46. The predicted molar refractivity (Wildman–Crippen MR) is 142 cm³/mol. The summed E-state index contributed by atoms with van der Waals surface area (Å²) >= 11 is 13.4. The molecule has 3 aromatic rings. The zero-order valence-corrected chi connectivity index (χ0v) is 22.7. The summed E-state index contributed by atoms with van der Waals surface area (Å²) in [5.41, 5.74) is 2.14. The molecule has 1 saturated heterocycles. The number of nitrogens with zero attached hydrogens (tertiary/aromatic N) is 4. The lowest BCUT2D eigenvalue weighted by Gasteiger charge is -2.33. The minimum Gasteiger partial charge on any atom is -0.491 e. The summed E-state index contributed by atoms with van der Waals surface area (Å²) in [4.78, 5) is 11.3. The first-order valence-corrected chi connectivity index (χ1v) is 12.8. The van der Waals surface area contributed by atoms with Crippen LogP contribution in [0.3, 0.4) is 0 Å². The molecule has 200 valence electrons. The van der Waals surface area contributed by atoms with Crippen molar-refractivity contribution in [2.45, 2.75) is 38.6 Å². The molecule has 2 aromatic heterocycles. The van der Waals surface area contributed by atoms with Gasteiger partial charge in [-0.3, -0.25) is 0 Å². The number of likely N-dealkylation sites (tertiary alicyclic amines) is 1. The molecule has 1 aromatic carbocycles. The van der Waals surface area contributed by atoms with Gasteiger partial charge in [-0.25, -0.2) is 14.4 Å². The van der Waals surface area contributed by atoms with E-state index in [4.69, 9.17) is 37.4 Å². The maximum atomic E-state index is 14.9. The van der Waals surface area contributed by atoms with Gasteiger partial charge < -0.3 is 29.9 Å². The van der Waals surface area contributed by atoms with Crippen LogP contribution >= 0.6 is 23.2 Å². The molecule has 0 aliphatic carbocycles. The van der Waals surface area contributed by atoms with Gasteiger partial charge in [0.25, 0.3) is 0 Å². The van der Waals surface area contributed by atoms with E-state index in [2.05, 4.69) is 20.8 Å². The van der Waals surface area contributed by atoms with Crippen LogP contribution in [0.25, 0.3) is 22.6 Å². The lowest BCUT2D eigenvalue weighted by molar-refractivity contribution is 0.108. The zero-order valence-electron chi connectivity index (χ0n) is 21.2. The highest BCUT2D eigenvalue weighted by Crippen LogP contribution is 2.39. The molecule has 37 heavy (non-hydrogen) atoms. The first kappa shape index (κ1) is 27.5. The lowest BCUT2D eigenvalue weighted by atomic mass is 10.0. The molecule has 0 saturated carbocycles. The van der Waals surface area contributed by atoms with Crippen LogP contribution in [0.1, 0.15) is 17.9 Å². The van der Waals surface area contributed by atoms with Crippen molar-refractivity contribution in [3.05, 3.63) is 39.7 Å². The first-order chi connectivity index (χ1) is 17.7. The van der Waals surface area contributed by atoms with Gasteiger partial charge >= 0.3 is 0 Å². The number of nitrogens with one attached hydrogen (secondary N) is 2. The Hall–Kier alpha value is -2.50. The van der Waals surface area contributed by atoms with E-state index in [0.29, 0.717) is 64.4 Å². The summed E-state index contributed by atoms with van der Waals surface area (Å²) in [7, 11) is 3.64. The second-order valence-corrected chi connectivity index (χ2v) is 10.0. The van der Waals surface area contributed by atoms with Crippen molar-refractivity contribution < 1.29 is 18.8 Å². The molecule has 9 nitrogen and oxygen atoms in total. The molecule has 3 heterocycles. The highest BCUT2D eigenvalue weighted by atomic mass is 35.5. The van der Waals surface area contributed by atoms with Gasteiger partial charge in [-0.15, -0.1) is 0 Å². The van der Waals surface area contributed by atoms with Crippen LogP contribution in [0.4, 0.5) is 10.2 Å². The fourth-order valence-electron chi connectivity index (χ4n) is 4.30. The molecular formula is C25H31Cl2FN6O3. The van der Waals surface area contributed by atoms with Crippen LogP contribution in [-0.4, -0.2) is 83.8 Å². The Morgan fingerprint density at radius 1 is 1.30 bits per heavy atom. The standard InChI is InChI=1S/C25H31Cl2FN6O3/c1-13-21(14(2)37-33-13)23-22(27)25(30-20-7-8-34(4)11-19(20)28)32-24(31-23)17-9-16(5-6-18(17)26)36-12-15(35)10-29-3/h5-6,9,15,19-20,29,35H,7-8,10-12H2,1-4H3,(H,30,31,32)/t15-,19+,20-/m1/s1. The molecule has 12 heteroatoms. The molecule has 3 N–H and O–H groups in total. The molecule has 0 unspecified atom stereocenters. The van der Waals surface area contributed by atoms with Crippen molar-refractivity contribution in [3.8, 4) is 28.4 Å². The smallest absolute Gasteiger partial charge is 0.163 e. The maximum Gasteiger partial charge on any atom is 0.163 e. The van der Waals surface area contributed by atoms with Crippen molar-refractivity contribution in [3.63, 3.8) is 0 Å². The van der Waals surface area contributed by atoms with E-state index in [0.717, 1.165) is 6.54 Å². The number of rotatable bonds is 9. The molecule has 0 amide bonds. The number of aliphatic hydroxyl groups excluding tert-OH is 1. The summed E-state index contributed by atoms with van der Waals surface area (Å²) in [5.74, 6) is 1.60. The Morgan fingerprint density at radius 2 is 2.08 bits per heavy atom. The van der Waals surface area contributed by atoms with Crippen LogP contribution in [0.15, 0.2) is 22.7 Å². The summed E-state index contributed by atoms with van der Waals surface area (Å²) < 4.78 is 26.0. The fourth-order valence-corrected chi connectivity index (χ4v) is 4.73. The van der Waals surface area contributed by atoms with Crippen LogP contribution in [0.5, 0.6) is 5.75 Å². The summed E-state index contributed by atoms with van der Waals surface area (Å²) in [5, 5.41) is 20.8. The van der Waals surface area contributed by atoms with E-state index < -0.39 is 18.3 Å². The van der Waals surface area contributed by atoms with Crippen molar-refractivity contribution in [2.75, 3.05) is 45.7 Å². The van der Waals surface area contributed by atoms with Crippen LogP contribution in [-0.2, 0) is 0 Å². The number of piperidine rings is 1. The second kappa shape index (κ2) is 11.9. The normalized spacial score (nSPS) is 19.1. The first-order valence-electron chi connectivity index (χ1n) is 12.0. The SMILES string of the molecule is CNC[C@@H](O)COc1ccc(Cl)c(-c2nc(N[C@@H]3CCN(C)C[C@@H]3F)c(Cl)c(-c3c(C)noc3C)n2)c1. The quantitative estimate of drug-likeness (QED) is 0.360. The highest BCUT2D eigenvalue weighted by molar-refractivity contribution is 6.35. The molecule has 1 fully saturated rings. The summed E-state index contributed by atoms with van der Waals surface area (Å²) in [6.07, 6.45) is -1.19. The van der Waals surface area contributed by atoms with E-state index in [9.17, 15) is 9.50 Å². The van der Waals surface area contributed by atoms with Crippen LogP contribution in [0, 0.1) is 13.8 Å². The summed E-state index contributed by atoms with van der Waals surface area (Å²) in [6, 6.07) is 4.61. The van der Waals surface area contributed by atoms with Crippen molar-refractivity contribution in [2.24, 2.45) is 0 Å². The average Bonchev–Trinajstić information content (AvgIpc) is 3.19. The van der Waals surface area contributed by atoms with Gasteiger partial charge in [0.2, 0.25) is 0 Å². The largest absolute Gasteiger partial charge is 0.491 e. The monoisotopic (exact) mass is 552 g/mol. The number of hydrogen-bond donors (Lipinski definition) is 3.